The van der Waals surface area contributed by atoms with Crippen LogP contribution in [0.2, 0.25) is 0 Å². The number of hydrogen-bond acceptors (Lipinski definition) is 1. The molecule has 0 saturated heterocycles. The lowest BCUT2D eigenvalue weighted by atomic mass is 10.0. The lowest BCUT2D eigenvalue weighted by Gasteiger charge is -2.04. The van der Waals surface area contributed by atoms with Crippen LogP contribution in [-0.2, 0) is 0 Å². The number of likely N-dealkylation sites (N-methyl/N-ethyl adjacent to an activating group) is 1. The van der Waals surface area contributed by atoms with E-state index in [2.05, 4.69) is 29.6 Å². The van der Waals surface area contributed by atoms with Crippen LogP contribution >= 0.6 is 12.4 Å². The van der Waals surface area contributed by atoms with Crippen LogP contribution in [0.15, 0.2) is 48.5 Å². The summed E-state index contributed by atoms with van der Waals surface area (Å²) in [5.74, 6) is 0.475. The predicted molar refractivity (Wildman–Crippen MR) is 79.3 cm³/mol. The summed E-state index contributed by atoms with van der Waals surface area (Å²) in [6.07, 6.45) is 1.23. The zero-order valence-electron chi connectivity index (χ0n) is 10.8. The Hall–Kier alpha value is -1.38. The Morgan fingerprint density at radius 3 is 1.95 bits per heavy atom. The molecule has 1 aliphatic rings. The Morgan fingerprint density at radius 2 is 1.47 bits per heavy atom. The van der Waals surface area contributed by atoms with Gasteiger partial charge in [0, 0.05) is 12.0 Å². The first-order valence-corrected chi connectivity index (χ1v) is 6.31. The minimum absolute atomic E-state index is 0. The van der Waals surface area contributed by atoms with Crippen LogP contribution in [0.4, 0.5) is 4.39 Å². The van der Waals surface area contributed by atoms with Gasteiger partial charge in [0.05, 0.1) is 0 Å². The summed E-state index contributed by atoms with van der Waals surface area (Å²) in [4.78, 5) is 0. The first-order valence-electron chi connectivity index (χ1n) is 6.31. The molecule has 0 unspecified atom stereocenters. The maximum atomic E-state index is 12.9. The van der Waals surface area contributed by atoms with Gasteiger partial charge in [-0.3, -0.25) is 0 Å². The van der Waals surface area contributed by atoms with Crippen LogP contribution < -0.4 is 5.32 Å². The molecule has 1 nitrogen and oxygen atoms in total. The van der Waals surface area contributed by atoms with Crippen molar-refractivity contribution in [1.82, 2.24) is 5.32 Å². The summed E-state index contributed by atoms with van der Waals surface area (Å²) in [6.45, 7) is 0. The molecule has 2 atom stereocenters. The number of benzene rings is 2. The van der Waals surface area contributed by atoms with Crippen LogP contribution in [0.5, 0.6) is 0 Å². The minimum Gasteiger partial charge on any atom is -0.316 e. The lowest BCUT2D eigenvalue weighted by Crippen LogP contribution is -2.10. The maximum absolute atomic E-state index is 12.9. The molecule has 100 valence electrons. The minimum atomic E-state index is -0.190. The molecule has 0 heterocycles. The molecule has 1 saturated carbocycles. The molecule has 0 amide bonds. The average Bonchev–Trinajstić information content (AvgIpc) is 3.19. The molecular weight excluding hydrogens is 261 g/mol. The first-order chi connectivity index (χ1) is 8.78. The SMILES string of the molecule is CN[C@@H]1C[C@H]1c1ccc(-c2ccc(F)cc2)cc1.Cl. The molecule has 3 rings (SSSR count). The fraction of sp³-hybridized carbons (Fsp3) is 0.250. The van der Waals surface area contributed by atoms with Crippen LogP contribution in [0.1, 0.15) is 17.9 Å². The van der Waals surface area contributed by atoms with Gasteiger partial charge in [0.15, 0.2) is 0 Å². The smallest absolute Gasteiger partial charge is 0.123 e. The number of halogens is 2. The van der Waals surface area contributed by atoms with Crippen LogP contribution in [-0.4, -0.2) is 13.1 Å². The maximum Gasteiger partial charge on any atom is 0.123 e. The van der Waals surface area contributed by atoms with Crippen molar-refractivity contribution in [1.29, 1.82) is 0 Å². The highest BCUT2D eigenvalue weighted by atomic mass is 35.5. The molecule has 0 aliphatic heterocycles. The van der Waals surface area contributed by atoms with Crippen molar-refractivity contribution >= 4 is 12.4 Å². The van der Waals surface area contributed by atoms with Crippen molar-refractivity contribution in [2.75, 3.05) is 7.05 Å². The second-order valence-corrected chi connectivity index (χ2v) is 4.87. The van der Waals surface area contributed by atoms with Gasteiger partial charge in [-0.05, 0) is 42.3 Å². The Kier molecular flexibility index (Phi) is 4.23. The molecule has 1 N–H and O–H groups in total. The molecule has 2 aromatic rings. The van der Waals surface area contributed by atoms with Crippen LogP contribution in [0.25, 0.3) is 11.1 Å². The third-order valence-electron chi connectivity index (χ3n) is 3.68. The summed E-state index contributed by atoms with van der Waals surface area (Å²) in [5, 5.41) is 3.30. The fourth-order valence-electron chi connectivity index (χ4n) is 2.45. The molecule has 19 heavy (non-hydrogen) atoms. The van der Waals surface area contributed by atoms with E-state index in [1.165, 1.54) is 24.1 Å². The Morgan fingerprint density at radius 1 is 0.947 bits per heavy atom. The molecule has 0 radical (unpaired) electrons. The first kappa shape index (κ1) is 14.0. The van der Waals surface area contributed by atoms with Crippen molar-refractivity contribution in [3.05, 3.63) is 59.9 Å². The molecule has 1 aliphatic carbocycles. The van der Waals surface area contributed by atoms with Crippen molar-refractivity contribution in [3.63, 3.8) is 0 Å². The normalized spacial score (nSPS) is 20.7. The predicted octanol–water partition coefficient (Wildman–Crippen LogP) is 3.99. The van der Waals surface area contributed by atoms with Gasteiger partial charge in [-0.15, -0.1) is 12.4 Å². The van der Waals surface area contributed by atoms with E-state index >= 15 is 0 Å². The molecule has 0 bridgehead atoms. The van der Waals surface area contributed by atoms with Crippen molar-refractivity contribution in [2.24, 2.45) is 0 Å². The van der Waals surface area contributed by atoms with E-state index in [9.17, 15) is 4.39 Å². The standard InChI is InChI=1S/C16H16FN.ClH/c1-18-16-10-15(16)13-4-2-11(3-5-13)12-6-8-14(17)9-7-12;/h2-9,15-16,18H,10H2,1H3;1H/t15-,16+;/m0./s1. The van der Waals surface area contributed by atoms with Crippen LogP contribution in [0, 0.1) is 5.82 Å². The highest BCUT2D eigenvalue weighted by Crippen LogP contribution is 2.40. The fourth-order valence-corrected chi connectivity index (χ4v) is 2.45. The zero-order valence-corrected chi connectivity index (χ0v) is 11.6. The Labute approximate surface area is 119 Å². The quantitative estimate of drug-likeness (QED) is 0.894. The summed E-state index contributed by atoms with van der Waals surface area (Å²) in [5.41, 5.74) is 3.59. The summed E-state index contributed by atoms with van der Waals surface area (Å²) in [6, 6.07) is 15.9. The monoisotopic (exact) mass is 277 g/mol. The third kappa shape index (κ3) is 2.96. The highest BCUT2D eigenvalue weighted by molar-refractivity contribution is 5.85. The van der Waals surface area contributed by atoms with E-state index in [4.69, 9.17) is 0 Å². The van der Waals surface area contributed by atoms with E-state index in [1.54, 1.807) is 0 Å². The molecule has 2 aromatic carbocycles. The molecule has 0 aromatic heterocycles. The van der Waals surface area contributed by atoms with Gasteiger partial charge < -0.3 is 5.32 Å². The van der Waals surface area contributed by atoms with Crippen molar-refractivity contribution in [3.8, 4) is 11.1 Å². The summed E-state index contributed by atoms with van der Waals surface area (Å²) >= 11 is 0. The van der Waals surface area contributed by atoms with Gasteiger partial charge in [0.25, 0.3) is 0 Å². The van der Waals surface area contributed by atoms with Crippen molar-refractivity contribution < 1.29 is 4.39 Å². The van der Waals surface area contributed by atoms with Gasteiger partial charge in [-0.2, -0.15) is 0 Å². The topological polar surface area (TPSA) is 12.0 Å². The number of rotatable bonds is 3. The molecule has 3 heteroatoms. The van der Waals surface area contributed by atoms with Gasteiger partial charge in [-0.1, -0.05) is 36.4 Å². The molecule has 1 fully saturated rings. The van der Waals surface area contributed by atoms with Gasteiger partial charge in [-0.25, -0.2) is 4.39 Å². The van der Waals surface area contributed by atoms with E-state index in [0.29, 0.717) is 12.0 Å². The third-order valence-corrected chi connectivity index (χ3v) is 3.68. The van der Waals surface area contributed by atoms with Gasteiger partial charge in [0.2, 0.25) is 0 Å². The Balaban J connectivity index is 0.00000133. The number of nitrogens with one attached hydrogen (secondary N) is 1. The highest BCUT2D eigenvalue weighted by Gasteiger charge is 2.36. The summed E-state index contributed by atoms with van der Waals surface area (Å²) < 4.78 is 12.9. The second-order valence-electron chi connectivity index (χ2n) is 4.87. The van der Waals surface area contributed by atoms with Crippen molar-refractivity contribution in [2.45, 2.75) is 18.4 Å². The van der Waals surface area contributed by atoms with Gasteiger partial charge >= 0.3 is 0 Å². The lowest BCUT2D eigenvalue weighted by molar-refractivity contribution is 0.628. The van der Waals surface area contributed by atoms with Crippen LogP contribution in [0.3, 0.4) is 0 Å². The van der Waals surface area contributed by atoms with Gasteiger partial charge in [0.1, 0.15) is 5.82 Å². The largest absolute Gasteiger partial charge is 0.316 e. The van der Waals surface area contributed by atoms with E-state index in [1.807, 2.05) is 19.2 Å². The molecular formula is C16H17ClFN. The van der Waals surface area contributed by atoms with E-state index in [-0.39, 0.29) is 18.2 Å². The molecule has 0 spiro atoms. The number of hydrogen-bond donors (Lipinski definition) is 1. The average molecular weight is 278 g/mol. The second kappa shape index (κ2) is 5.72. The Bertz CT molecular complexity index is 536. The van der Waals surface area contributed by atoms with E-state index < -0.39 is 0 Å². The van der Waals surface area contributed by atoms with E-state index in [0.717, 1.165) is 11.1 Å². The zero-order chi connectivity index (χ0) is 12.5. The summed E-state index contributed by atoms with van der Waals surface area (Å²) in [7, 11) is 2.01.